The largest absolute Gasteiger partial charge is 0.481 e. The predicted octanol–water partition coefficient (Wildman–Crippen LogP) is -0.674. The SMILES string of the molecule is C[C@H](NC(=O)c1ccc(NS(C)(=O)=O)cc1)C(=O)N1CCC[C@H]1C(=O)N[C@H](C=O)CC(=O)O. The van der Waals surface area contributed by atoms with Crippen LogP contribution in [0.3, 0.4) is 0 Å². The molecular weight excluding hydrogens is 456 g/mol. The molecule has 0 aliphatic carbocycles. The van der Waals surface area contributed by atoms with Gasteiger partial charge >= 0.3 is 5.97 Å². The highest BCUT2D eigenvalue weighted by Crippen LogP contribution is 2.19. The van der Waals surface area contributed by atoms with E-state index >= 15 is 0 Å². The van der Waals surface area contributed by atoms with Gasteiger partial charge < -0.3 is 25.4 Å². The number of aldehydes is 1. The summed E-state index contributed by atoms with van der Waals surface area (Å²) in [6.45, 7) is 1.74. The van der Waals surface area contributed by atoms with E-state index < -0.39 is 58.3 Å². The Morgan fingerprint density at radius 1 is 1.18 bits per heavy atom. The van der Waals surface area contributed by atoms with E-state index in [0.717, 1.165) is 6.26 Å². The maximum Gasteiger partial charge on any atom is 0.305 e. The fourth-order valence-electron chi connectivity index (χ4n) is 3.40. The van der Waals surface area contributed by atoms with Crippen LogP contribution in [0.15, 0.2) is 24.3 Å². The molecule has 2 rings (SSSR count). The van der Waals surface area contributed by atoms with Crippen LogP contribution in [0.25, 0.3) is 0 Å². The lowest BCUT2D eigenvalue weighted by Gasteiger charge is -2.27. The van der Waals surface area contributed by atoms with Crippen LogP contribution >= 0.6 is 0 Å². The lowest BCUT2D eigenvalue weighted by Crippen LogP contribution is -2.54. The molecule has 0 saturated carbocycles. The highest BCUT2D eigenvalue weighted by molar-refractivity contribution is 7.92. The van der Waals surface area contributed by atoms with Gasteiger partial charge in [0.15, 0.2) is 0 Å². The number of carboxylic acid groups (broad SMARTS) is 1. The number of amides is 3. The van der Waals surface area contributed by atoms with E-state index in [1.165, 1.54) is 36.1 Å². The summed E-state index contributed by atoms with van der Waals surface area (Å²) >= 11 is 0. The molecular formula is C20H26N4O8S. The van der Waals surface area contributed by atoms with Crippen LogP contribution in [0.4, 0.5) is 5.69 Å². The van der Waals surface area contributed by atoms with Crippen LogP contribution in [-0.4, -0.2) is 79.3 Å². The number of hydrogen-bond donors (Lipinski definition) is 4. The standard InChI is InChI=1S/C20H26N4O8S/c1-12(21-18(28)13-5-7-14(8-6-13)23-33(2,31)32)20(30)24-9-3-4-16(24)19(29)22-15(11-25)10-17(26)27/h5-8,11-12,15-16,23H,3-4,9-10H2,1-2H3,(H,21,28)(H,22,29)(H,26,27)/t12-,15-,16-/m0/s1. The van der Waals surface area contributed by atoms with E-state index in [9.17, 15) is 32.4 Å². The van der Waals surface area contributed by atoms with E-state index in [0.29, 0.717) is 19.1 Å². The highest BCUT2D eigenvalue weighted by Gasteiger charge is 2.37. The molecule has 1 aromatic carbocycles. The third-order valence-electron chi connectivity index (χ3n) is 4.89. The van der Waals surface area contributed by atoms with Crippen molar-refractivity contribution in [1.82, 2.24) is 15.5 Å². The van der Waals surface area contributed by atoms with Gasteiger partial charge in [-0.25, -0.2) is 8.42 Å². The molecule has 0 spiro atoms. The monoisotopic (exact) mass is 482 g/mol. The number of carbonyl (C=O) groups excluding carboxylic acids is 4. The second-order valence-corrected chi connectivity index (χ2v) is 9.43. The third-order valence-corrected chi connectivity index (χ3v) is 5.50. The van der Waals surface area contributed by atoms with Gasteiger partial charge in [-0.1, -0.05) is 0 Å². The number of nitrogens with one attached hydrogen (secondary N) is 3. The van der Waals surface area contributed by atoms with Crippen molar-refractivity contribution in [2.45, 2.75) is 44.3 Å². The quantitative estimate of drug-likeness (QED) is 0.317. The van der Waals surface area contributed by atoms with Crippen LogP contribution in [0.1, 0.15) is 36.5 Å². The summed E-state index contributed by atoms with van der Waals surface area (Å²) in [5.41, 5.74) is 0.479. The molecule has 13 heteroatoms. The van der Waals surface area contributed by atoms with Crippen molar-refractivity contribution in [2.75, 3.05) is 17.5 Å². The molecule has 1 heterocycles. The first-order valence-corrected chi connectivity index (χ1v) is 12.0. The van der Waals surface area contributed by atoms with Gasteiger partial charge in [0.05, 0.1) is 18.7 Å². The van der Waals surface area contributed by atoms with Crippen molar-refractivity contribution < 1.29 is 37.5 Å². The van der Waals surface area contributed by atoms with Gasteiger partial charge in [0.2, 0.25) is 21.8 Å². The number of benzene rings is 1. The molecule has 0 radical (unpaired) electrons. The van der Waals surface area contributed by atoms with Gasteiger partial charge in [0, 0.05) is 17.8 Å². The maximum atomic E-state index is 12.9. The average molecular weight is 483 g/mol. The van der Waals surface area contributed by atoms with Gasteiger partial charge in [-0.3, -0.25) is 23.9 Å². The van der Waals surface area contributed by atoms with Crippen LogP contribution in [0, 0.1) is 0 Å². The molecule has 3 atom stereocenters. The Bertz CT molecular complexity index is 1030. The van der Waals surface area contributed by atoms with Crippen molar-refractivity contribution >= 4 is 45.7 Å². The summed E-state index contributed by atoms with van der Waals surface area (Å²) in [6.07, 6.45) is 1.63. The van der Waals surface area contributed by atoms with Crippen LogP contribution < -0.4 is 15.4 Å². The Morgan fingerprint density at radius 2 is 1.82 bits per heavy atom. The minimum absolute atomic E-state index is 0.201. The summed E-state index contributed by atoms with van der Waals surface area (Å²) in [5.74, 6) is -2.95. The van der Waals surface area contributed by atoms with Crippen molar-refractivity contribution in [3.63, 3.8) is 0 Å². The van der Waals surface area contributed by atoms with Crippen molar-refractivity contribution in [3.05, 3.63) is 29.8 Å². The second kappa shape index (κ2) is 10.9. The van der Waals surface area contributed by atoms with E-state index in [4.69, 9.17) is 5.11 Å². The molecule has 180 valence electrons. The molecule has 1 aliphatic heterocycles. The molecule has 1 fully saturated rings. The highest BCUT2D eigenvalue weighted by atomic mass is 32.2. The van der Waals surface area contributed by atoms with Crippen LogP contribution in [-0.2, 0) is 29.2 Å². The number of nitrogens with zero attached hydrogens (tertiary/aromatic N) is 1. The predicted molar refractivity (Wildman–Crippen MR) is 117 cm³/mol. The van der Waals surface area contributed by atoms with E-state index in [1.54, 1.807) is 0 Å². The number of sulfonamides is 1. The van der Waals surface area contributed by atoms with Crippen molar-refractivity contribution in [2.24, 2.45) is 0 Å². The number of aliphatic carboxylic acids is 1. The summed E-state index contributed by atoms with van der Waals surface area (Å²) in [6, 6.07) is 2.55. The number of carbonyl (C=O) groups is 5. The zero-order chi connectivity index (χ0) is 24.8. The molecule has 33 heavy (non-hydrogen) atoms. The topological polar surface area (TPSA) is 179 Å². The first kappa shape index (κ1) is 25.8. The van der Waals surface area contributed by atoms with Gasteiger partial charge in [-0.05, 0) is 44.0 Å². The van der Waals surface area contributed by atoms with Gasteiger partial charge in [0.1, 0.15) is 18.4 Å². The minimum atomic E-state index is -3.46. The molecule has 0 bridgehead atoms. The molecule has 3 amide bonds. The zero-order valence-electron chi connectivity index (χ0n) is 18.1. The summed E-state index contributed by atoms with van der Waals surface area (Å²) in [5, 5.41) is 13.7. The molecule has 12 nitrogen and oxygen atoms in total. The molecule has 1 aliphatic rings. The normalized spacial score (nSPS) is 17.5. The zero-order valence-corrected chi connectivity index (χ0v) is 18.9. The van der Waals surface area contributed by atoms with E-state index in [-0.39, 0.29) is 17.8 Å². The van der Waals surface area contributed by atoms with Gasteiger partial charge in [0.25, 0.3) is 5.91 Å². The fourth-order valence-corrected chi connectivity index (χ4v) is 3.96. The summed E-state index contributed by atoms with van der Waals surface area (Å²) in [4.78, 5) is 61.0. The maximum absolute atomic E-state index is 12.9. The van der Waals surface area contributed by atoms with E-state index in [2.05, 4.69) is 15.4 Å². The molecule has 0 aromatic heterocycles. The summed E-state index contributed by atoms with van der Waals surface area (Å²) < 4.78 is 24.8. The number of carboxylic acids is 1. The van der Waals surface area contributed by atoms with Crippen molar-refractivity contribution in [1.29, 1.82) is 0 Å². The van der Waals surface area contributed by atoms with Gasteiger partial charge in [-0.15, -0.1) is 0 Å². The smallest absolute Gasteiger partial charge is 0.305 e. The minimum Gasteiger partial charge on any atom is -0.481 e. The van der Waals surface area contributed by atoms with Gasteiger partial charge in [-0.2, -0.15) is 0 Å². The molecule has 0 unspecified atom stereocenters. The Kier molecular flexibility index (Phi) is 8.51. The number of hydrogen-bond acceptors (Lipinski definition) is 7. The Balaban J connectivity index is 2.00. The first-order valence-electron chi connectivity index (χ1n) is 10.1. The summed E-state index contributed by atoms with van der Waals surface area (Å²) in [7, 11) is -3.46. The second-order valence-electron chi connectivity index (χ2n) is 7.69. The third kappa shape index (κ3) is 7.56. The molecule has 4 N–H and O–H groups in total. The number of likely N-dealkylation sites (tertiary alicyclic amines) is 1. The first-order chi connectivity index (χ1) is 15.4. The van der Waals surface area contributed by atoms with Crippen molar-refractivity contribution in [3.8, 4) is 0 Å². The average Bonchev–Trinajstić information content (AvgIpc) is 3.21. The molecule has 1 aromatic rings. The molecule has 1 saturated heterocycles. The Hall–Kier alpha value is -3.48. The Labute approximate surface area is 190 Å². The van der Waals surface area contributed by atoms with Crippen LogP contribution in [0.5, 0.6) is 0 Å². The fraction of sp³-hybridized carbons (Fsp3) is 0.450. The number of rotatable bonds is 10. The van der Waals surface area contributed by atoms with Crippen LogP contribution in [0.2, 0.25) is 0 Å². The Morgan fingerprint density at radius 3 is 2.36 bits per heavy atom. The number of anilines is 1. The lowest BCUT2D eigenvalue weighted by molar-refractivity contribution is -0.141. The lowest BCUT2D eigenvalue weighted by atomic mass is 10.1. The van der Waals surface area contributed by atoms with E-state index in [1.807, 2.05) is 0 Å².